The van der Waals surface area contributed by atoms with Crippen LogP contribution < -0.4 is 10.4 Å². The number of rotatable bonds is 2. The first-order valence-electron chi connectivity index (χ1n) is 8.50. The molecular formula is C21H25F3NO-. The molecule has 0 saturated carbocycles. The van der Waals surface area contributed by atoms with Crippen molar-refractivity contribution < 1.29 is 18.3 Å². The molecular weight excluding hydrogens is 339 g/mol. The fraction of sp³-hybridized carbons (Fsp3) is 0.429. The van der Waals surface area contributed by atoms with E-state index in [2.05, 4.69) is 5.32 Å². The Balaban J connectivity index is 2.64. The zero-order valence-electron chi connectivity index (χ0n) is 16.0. The molecule has 2 rings (SSSR count). The van der Waals surface area contributed by atoms with E-state index < -0.39 is 17.2 Å². The normalized spacial score (nSPS) is 13.0. The summed E-state index contributed by atoms with van der Waals surface area (Å²) in [6.45, 7) is 11.8. The number of alkyl halides is 3. The molecule has 0 radical (unpaired) electrons. The van der Waals surface area contributed by atoms with Crippen molar-refractivity contribution in [2.45, 2.75) is 58.5 Å². The SMILES string of the molecule is CC(C)(C)c1cc(Nc2ccccc2C(F)(F)F)c([O-])c(C(C)(C)C)c1. The van der Waals surface area contributed by atoms with Crippen LogP contribution in [0.2, 0.25) is 0 Å². The molecule has 0 aliphatic carbocycles. The Morgan fingerprint density at radius 2 is 1.35 bits per heavy atom. The van der Waals surface area contributed by atoms with Gasteiger partial charge in [0.25, 0.3) is 0 Å². The van der Waals surface area contributed by atoms with Gasteiger partial charge in [-0.2, -0.15) is 13.2 Å². The molecule has 5 heteroatoms. The van der Waals surface area contributed by atoms with E-state index in [4.69, 9.17) is 0 Å². The summed E-state index contributed by atoms with van der Waals surface area (Å²) in [7, 11) is 0. The molecule has 0 fully saturated rings. The lowest BCUT2D eigenvalue weighted by Gasteiger charge is -2.32. The second-order valence-electron chi connectivity index (χ2n) is 8.57. The quantitative estimate of drug-likeness (QED) is 0.697. The lowest BCUT2D eigenvalue weighted by molar-refractivity contribution is -0.268. The van der Waals surface area contributed by atoms with Crippen LogP contribution in [0.4, 0.5) is 24.5 Å². The van der Waals surface area contributed by atoms with Gasteiger partial charge in [0.15, 0.2) is 0 Å². The van der Waals surface area contributed by atoms with Crippen molar-refractivity contribution >= 4 is 11.4 Å². The van der Waals surface area contributed by atoms with Gasteiger partial charge in [-0.25, -0.2) is 0 Å². The molecule has 0 aliphatic rings. The fourth-order valence-electron chi connectivity index (χ4n) is 2.70. The third kappa shape index (κ3) is 4.32. The summed E-state index contributed by atoms with van der Waals surface area (Å²) in [6.07, 6.45) is -4.50. The molecule has 0 spiro atoms. The van der Waals surface area contributed by atoms with Crippen molar-refractivity contribution in [3.05, 3.63) is 53.1 Å². The zero-order chi connectivity index (χ0) is 19.9. The fourth-order valence-corrected chi connectivity index (χ4v) is 2.70. The molecule has 0 heterocycles. The molecule has 0 saturated heterocycles. The molecule has 2 aromatic carbocycles. The number of halogens is 3. The Morgan fingerprint density at radius 1 is 0.769 bits per heavy atom. The van der Waals surface area contributed by atoms with Gasteiger partial charge in [-0.15, -0.1) is 0 Å². The van der Waals surface area contributed by atoms with Gasteiger partial charge in [0.1, 0.15) is 0 Å². The summed E-state index contributed by atoms with van der Waals surface area (Å²) in [4.78, 5) is 0. The van der Waals surface area contributed by atoms with Crippen LogP contribution in [0.3, 0.4) is 0 Å². The van der Waals surface area contributed by atoms with Crippen molar-refractivity contribution in [2.24, 2.45) is 0 Å². The highest BCUT2D eigenvalue weighted by Gasteiger charge is 2.33. The van der Waals surface area contributed by atoms with E-state index in [0.29, 0.717) is 5.56 Å². The summed E-state index contributed by atoms with van der Waals surface area (Å²) >= 11 is 0. The number of para-hydroxylation sites is 1. The lowest BCUT2D eigenvalue weighted by Crippen LogP contribution is -2.20. The highest BCUT2D eigenvalue weighted by atomic mass is 19.4. The number of hydrogen-bond donors (Lipinski definition) is 1. The van der Waals surface area contributed by atoms with E-state index in [-0.39, 0.29) is 22.5 Å². The second kappa shape index (κ2) is 6.53. The molecule has 26 heavy (non-hydrogen) atoms. The summed E-state index contributed by atoms with van der Waals surface area (Å²) < 4.78 is 39.8. The average Bonchev–Trinajstić information content (AvgIpc) is 2.46. The maximum Gasteiger partial charge on any atom is 0.418 e. The van der Waals surface area contributed by atoms with E-state index in [1.165, 1.54) is 18.2 Å². The second-order valence-corrected chi connectivity index (χ2v) is 8.57. The van der Waals surface area contributed by atoms with Crippen molar-refractivity contribution in [3.8, 4) is 5.75 Å². The smallest absolute Gasteiger partial charge is 0.418 e. The van der Waals surface area contributed by atoms with E-state index in [1.807, 2.05) is 47.6 Å². The van der Waals surface area contributed by atoms with Crippen LogP contribution in [-0.4, -0.2) is 0 Å². The van der Waals surface area contributed by atoms with Gasteiger partial charge < -0.3 is 10.4 Å². The third-order valence-electron chi connectivity index (χ3n) is 4.26. The first-order valence-corrected chi connectivity index (χ1v) is 8.50. The van der Waals surface area contributed by atoms with Crippen molar-refractivity contribution in [1.82, 2.24) is 0 Å². The molecule has 142 valence electrons. The van der Waals surface area contributed by atoms with Crippen molar-refractivity contribution in [3.63, 3.8) is 0 Å². The minimum absolute atomic E-state index is 0.122. The predicted octanol–water partition coefficient (Wildman–Crippen LogP) is 6.12. The van der Waals surface area contributed by atoms with Crippen LogP contribution in [0.15, 0.2) is 36.4 Å². The van der Waals surface area contributed by atoms with Crippen molar-refractivity contribution in [1.29, 1.82) is 0 Å². The number of nitrogens with one attached hydrogen (secondary N) is 1. The highest BCUT2D eigenvalue weighted by Crippen LogP contribution is 2.42. The minimum atomic E-state index is -4.50. The van der Waals surface area contributed by atoms with Gasteiger partial charge in [-0.1, -0.05) is 65.5 Å². The average molecular weight is 364 g/mol. The van der Waals surface area contributed by atoms with Gasteiger partial charge in [-0.3, -0.25) is 0 Å². The van der Waals surface area contributed by atoms with Gasteiger partial charge in [0, 0.05) is 5.69 Å². The molecule has 0 aliphatic heterocycles. The van der Waals surface area contributed by atoms with Crippen LogP contribution in [0.1, 0.15) is 58.2 Å². The number of hydrogen-bond acceptors (Lipinski definition) is 2. The van der Waals surface area contributed by atoms with Gasteiger partial charge in [0.2, 0.25) is 0 Å². The van der Waals surface area contributed by atoms with Crippen LogP contribution >= 0.6 is 0 Å². The van der Waals surface area contributed by atoms with E-state index in [1.54, 1.807) is 6.07 Å². The molecule has 0 atom stereocenters. The molecule has 1 N–H and O–H groups in total. The Hall–Kier alpha value is -2.17. The highest BCUT2D eigenvalue weighted by molar-refractivity contribution is 5.71. The van der Waals surface area contributed by atoms with Gasteiger partial charge >= 0.3 is 6.18 Å². The Labute approximate surface area is 153 Å². The van der Waals surface area contributed by atoms with E-state index in [9.17, 15) is 18.3 Å². The van der Waals surface area contributed by atoms with E-state index >= 15 is 0 Å². The topological polar surface area (TPSA) is 35.1 Å². The largest absolute Gasteiger partial charge is 0.871 e. The molecule has 0 aromatic heterocycles. The Bertz CT molecular complexity index is 796. The zero-order valence-corrected chi connectivity index (χ0v) is 16.0. The van der Waals surface area contributed by atoms with Crippen LogP contribution in [-0.2, 0) is 17.0 Å². The van der Waals surface area contributed by atoms with Crippen LogP contribution in [0.25, 0.3) is 0 Å². The number of anilines is 2. The molecule has 2 aromatic rings. The summed E-state index contributed by atoms with van der Waals surface area (Å²) in [6, 6.07) is 8.71. The molecule has 0 amide bonds. The van der Waals surface area contributed by atoms with Gasteiger partial charge in [0.05, 0.1) is 11.3 Å². The Morgan fingerprint density at radius 3 is 1.85 bits per heavy atom. The molecule has 0 bridgehead atoms. The van der Waals surface area contributed by atoms with Crippen LogP contribution in [0.5, 0.6) is 5.75 Å². The van der Waals surface area contributed by atoms with Gasteiger partial charge in [-0.05, 0) is 40.2 Å². The first-order chi connectivity index (χ1) is 11.7. The maximum atomic E-state index is 13.3. The standard InChI is InChI=1S/C21H26F3NO/c1-19(2,3)13-11-15(20(4,5)6)18(26)17(12-13)25-16-10-8-7-9-14(16)21(22,23)24/h7-12,25-26H,1-6H3/p-1. The number of benzene rings is 2. The monoisotopic (exact) mass is 364 g/mol. The Kier molecular flexibility index (Phi) is 5.06. The summed E-state index contributed by atoms with van der Waals surface area (Å²) in [5.74, 6) is -0.275. The summed E-state index contributed by atoms with van der Waals surface area (Å²) in [5.41, 5.74) is 0.0669. The molecule has 2 nitrogen and oxygen atoms in total. The third-order valence-corrected chi connectivity index (χ3v) is 4.26. The first kappa shape index (κ1) is 20.1. The summed E-state index contributed by atoms with van der Waals surface area (Å²) in [5, 5.41) is 15.7. The predicted molar refractivity (Wildman–Crippen MR) is 98.0 cm³/mol. The van der Waals surface area contributed by atoms with Crippen LogP contribution in [0, 0.1) is 0 Å². The maximum absolute atomic E-state index is 13.3. The van der Waals surface area contributed by atoms with E-state index in [0.717, 1.165) is 11.6 Å². The lowest BCUT2D eigenvalue weighted by atomic mass is 9.79. The molecule has 0 unspecified atom stereocenters. The minimum Gasteiger partial charge on any atom is -0.871 e. The van der Waals surface area contributed by atoms with Crippen molar-refractivity contribution in [2.75, 3.05) is 5.32 Å².